The van der Waals surface area contributed by atoms with Crippen molar-refractivity contribution in [1.29, 1.82) is 5.26 Å². The molecule has 8 nitrogen and oxygen atoms in total. The van der Waals surface area contributed by atoms with Crippen LogP contribution in [-0.2, 0) is 28.3 Å². The number of anilines is 3. The van der Waals surface area contributed by atoms with Gasteiger partial charge in [0.25, 0.3) is 0 Å². The molecule has 4 N–H and O–H groups in total. The van der Waals surface area contributed by atoms with E-state index in [9.17, 15) is 27.0 Å². The van der Waals surface area contributed by atoms with Gasteiger partial charge in [-0.3, -0.25) is 14.3 Å². The SMILES string of the molecule is CS(=O)c1ccc(NC(=O)Nc2ccccc2CNC(C)(C)C(=O)Nc2ccc(C#N)c(C(F)(F)F)c2)cc1. The molecule has 0 bridgehead atoms. The maximum absolute atomic E-state index is 13.3. The molecule has 3 rings (SSSR count). The van der Waals surface area contributed by atoms with Crippen molar-refractivity contribution in [1.82, 2.24) is 5.32 Å². The topological polar surface area (TPSA) is 123 Å². The maximum Gasteiger partial charge on any atom is 0.417 e. The number of nitrogens with zero attached hydrogens (tertiary/aromatic N) is 1. The Morgan fingerprint density at radius 2 is 1.56 bits per heavy atom. The number of urea groups is 1. The number of halogens is 3. The minimum absolute atomic E-state index is 0.0989. The number of carbonyl (C=O) groups excluding carboxylic acids is 2. The highest BCUT2D eigenvalue weighted by Gasteiger charge is 2.34. The van der Waals surface area contributed by atoms with Crippen molar-refractivity contribution in [2.24, 2.45) is 0 Å². The molecule has 0 aliphatic rings. The number of alkyl halides is 3. The van der Waals surface area contributed by atoms with E-state index in [4.69, 9.17) is 5.26 Å². The summed E-state index contributed by atoms with van der Waals surface area (Å²) in [6.07, 6.45) is -3.19. The second-order valence-electron chi connectivity index (χ2n) is 9.02. The van der Waals surface area contributed by atoms with Crippen LogP contribution in [0.25, 0.3) is 0 Å². The van der Waals surface area contributed by atoms with Gasteiger partial charge in [0.1, 0.15) is 0 Å². The summed E-state index contributed by atoms with van der Waals surface area (Å²) in [5.74, 6) is -0.597. The molecule has 3 aromatic rings. The van der Waals surface area contributed by atoms with Crippen LogP contribution in [0.1, 0.15) is 30.5 Å². The molecule has 0 aromatic heterocycles. The van der Waals surface area contributed by atoms with Gasteiger partial charge in [-0.05, 0) is 67.9 Å². The fourth-order valence-electron chi connectivity index (χ4n) is 3.45. The van der Waals surface area contributed by atoms with Gasteiger partial charge >= 0.3 is 12.2 Å². The monoisotopic (exact) mass is 557 g/mol. The molecule has 0 saturated heterocycles. The Hall–Kier alpha value is -4.21. The summed E-state index contributed by atoms with van der Waals surface area (Å²) in [6.45, 7) is 3.27. The summed E-state index contributed by atoms with van der Waals surface area (Å²) in [5, 5.41) is 19.9. The molecule has 0 aliphatic heterocycles. The summed E-state index contributed by atoms with van der Waals surface area (Å²) in [4.78, 5) is 26.1. The lowest BCUT2D eigenvalue weighted by molar-refractivity contribution is -0.137. The van der Waals surface area contributed by atoms with E-state index in [1.54, 1.807) is 68.6 Å². The second-order valence-corrected chi connectivity index (χ2v) is 10.4. The fourth-order valence-corrected chi connectivity index (χ4v) is 3.97. The third-order valence-corrected chi connectivity index (χ3v) is 6.64. The standard InChI is InChI=1S/C27H26F3N5O3S/c1-26(2,24(36)33-20-9-8-17(15-31)22(14-20)27(28,29)30)32-16-18-6-4-5-7-23(18)35-25(37)34-19-10-12-21(13-11-19)39(3)38/h4-14,32H,16H2,1-3H3,(H,33,36)(H2,34,35,37). The Balaban J connectivity index is 1.65. The van der Waals surface area contributed by atoms with Gasteiger partial charge in [-0.15, -0.1) is 0 Å². The van der Waals surface area contributed by atoms with Gasteiger partial charge in [-0.25, -0.2) is 4.79 Å². The summed E-state index contributed by atoms with van der Waals surface area (Å²) >= 11 is 0. The van der Waals surface area contributed by atoms with Gasteiger partial charge in [0.2, 0.25) is 5.91 Å². The highest BCUT2D eigenvalue weighted by atomic mass is 32.2. The second kappa shape index (κ2) is 12.1. The predicted molar refractivity (Wildman–Crippen MR) is 144 cm³/mol. The van der Waals surface area contributed by atoms with Gasteiger partial charge in [0.15, 0.2) is 0 Å². The van der Waals surface area contributed by atoms with Crippen molar-refractivity contribution in [3.63, 3.8) is 0 Å². The summed E-state index contributed by atoms with van der Waals surface area (Å²) < 4.78 is 51.3. The summed E-state index contributed by atoms with van der Waals surface area (Å²) in [5.41, 5.74) is -1.36. The number of rotatable bonds is 8. The molecule has 0 fully saturated rings. The smallest absolute Gasteiger partial charge is 0.324 e. The third kappa shape index (κ3) is 7.89. The van der Waals surface area contributed by atoms with E-state index in [2.05, 4.69) is 21.3 Å². The number of amides is 3. The molecule has 12 heteroatoms. The van der Waals surface area contributed by atoms with Crippen LogP contribution in [0.3, 0.4) is 0 Å². The van der Waals surface area contributed by atoms with E-state index in [0.29, 0.717) is 21.8 Å². The predicted octanol–water partition coefficient (Wildman–Crippen LogP) is 5.47. The molecule has 1 atom stereocenters. The molecular formula is C27H26F3N5O3S. The molecule has 0 spiro atoms. The average Bonchev–Trinajstić information content (AvgIpc) is 2.88. The van der Waals surface area contributed by atoms with Crippen molar-refractivity contribution in [2.45, 2.75) is 37.0 Å². The largest absolute Gasteiger partial charge is 0.417 e. The van der Waals surface area contributed by atoms with Gasteiger partial charge in [-0.1, -0.05) is 18.2 Å². The Kier molecular flexibility index (Phi) is 9.11. The molecule has 204 valence electrons. The quantitative estimate of drug-likeness (QED) is 0.293. The van der Waals surface area contributed by atoms with Crippen molar-refractivity contribution < 1.29 is 27.0 Å². The van der Waals surface area contributed by atoms with Crippen LogP contribution in [0.4, 0.5) is 35.0 Å². The molecule has 0 aliphatic carbocycles. The number of benzene rings is 3. The molecule has 0 radical (unpaired) electrons. The van der Waals surface area contributed by atoms with Crippen LogP contribution in [0, 0.1) is 11.3 Å². The minimum atomic E-state index is -4.75. The summed E-state index contributed by atoms with van der Waals surface area (Å²) in [7, 11) is -1.14. The van der Waals surface area contributed by atoms with Crippen molar-refractivity contribution in [3.05, 3.63) is 83.4 Å². The van der Waals surface area contributed by atoms with Crippen molar-refractivity contribution >= 4 is 39.8 Å². The van der Waals surface area contributed by atoms with E-state index in [1.807, 2.05) is 0 Å². The van der Waals surface area contributed by atoms with E-state index in [0.717, 1.165) is 12.1 Å². The van der Waals surface area contributed by atoms with Crippen LogP contribution in [0.5, 0.6) is 0 Å². The maximum atomic E-state index is 13.3. The van der Waals surface area contributed by atoms with E-state index >= 15 is 0 Å². The number of nitrogens with one attached hydrogen (secondary N) is 4. The fraction of sp³-hybridized carbons (Fsp3) is 0.222. The van der Waals surface area contributed by atoms with E-state index < -0.39 is 45.6 Å². The lowest BCUT2D eigenvalue weighted by Gasteiger charge is -2.26. The lowest BCUT2D eigenvalue weighted by atomic mass is 10.0. The number of para-hydroxylation sites is 1. The van der Waals surface area contributed by atoms with Crippen LogP contribution < -0.4 is 21.3 Å². The van der Waals surface area contributed by atoms with Crippen LogP contribution >= 0.6 is 0 Å². The zero-order valence-electron chi connectivity index (χ0n) is 21.3. The van der Waals surface area contributed by atoms with Crippen LogP contribution in [0.15, 0.2) is 71.6 Å². The normalized spacial score (nSPS) is 12.2. The Labute approximate surface area is 226 Å². The van der Waals surface area contributed by atoms with E-state index in [1.165, 1.54) is 12.1 Å². The Bertz CT molecular complexity index is 1430. The van der Waals surface area contributed by atoms with Gasteiger partial charge < -0.3 is 16.0 Å². The molecule has 39 heavy (non-hydrogen) atoms. The minimum Gasteiger partial charge on any atom is -0.324 e. The first-order chi connectivity index (χ1) is 18.3. The molecule has 0 heterocycles. The number of nitriles is 1. The first-order valence-electron chi connectivity index (χ1n) is 11.6. The first-order valence-corrected chi connectivity index (χ1v) is 13.1. The highest BCUT2D eigenvalue weighted by molar-refractivity contribution is 7.84. The number of hydrogen-bond donors (Lipinski definition) is 4. The van der Waals surface area contributed by atoms with Crippen molar-refractivity contribution in [3.8, 4) is 6.07 Å². The average molecular weight is 558 g/mol. The highest BCUT2D eigenvalue weighted by Crippen LogP contribution is 2.33. The van der Waals surface area contributed by atoms with Gasteiger partial charge in [0, 0.05) is 45.6 Å². The third-order valence-electron chi connectivity index (χ3n) is 5.70. The zero-order chi connectivity index (χ0) is 28.8. The Morgan fingerprint density at radius 1 is 0.923 bits per heavy atom. The van der Waals surface area contributed by atoms with E-state index in [-0.39, 0.29) is 12.2 Å². The first kappa shape index (κ1) is 29.3. The van der Waals surface area contributed by atoms with Crippen LogP contribution in [0.2, 0.25) is 0 Å². The molecule has 1 unspecified atom stereocenters. The number of hydrogen-bond acceptors (Lipinski definition) is 5. The number of carbonyl (C=O) groups is 2. The van der Waals surface area contributed by atoms with Gasteiger partial charge in [-0.2, -0.15) is 18.4 Å². The molecule has 3 aromatic carbocycles. The van der Waals surface area contributed by atoms with Crippen molar-refractivity contribution in [2.75, 3.05) is 22.2 Å². The molecule has 3 amide bonds. The van der Waals surface area contributed by atoms with Crippen LogP contribution in [-0.4, -0.2) is 27.9 Å². The summed E-state index contributed by atoms with van der Waals surface area (Å²) in [6, 6.07) is 17.4. The van der Waals surface area contributed by atoms with Gasteiger partial charge in [0.05, 0.1) is 22.7 Å². The Morgan fingerprint density at radius 3 is 2.18 bits per heavy atom. The lowest BCUT2D eigenvalue weighted by Crippen LogP contribution is -2.49. The zero-order valence-corrected chi connectivity index (χ0v) is 22.1. The molecule has 0 saturated carbocycles. The molecular weight excluding hydrogens is 531 g/mol.